The predicted octanol–water partition coefficient (Wildman–Crippen LogP) is 4.79. The molecular formula is C22H18ClN3O. The smallest absolute Gasteiger partial charge is 0.273 e. The van der Waals surface area contributed by atoms with Gasteiger partial charge in [0.15, 0.2) is 0 Å². The summed E-state index contributed by atoms with van der Waals surface area (Å²) in [6.45, 7) is 2.05. The second kappa shape index (κ2) is 7.25. The average molecular weight is 376 g/mol. The number of pyridine rings is 1. The molecule has 27 heavy (non-hydrogen) atoms. The number of hydrogen-bond donors (Lipinski definition) is 1. The highest BCUT2D eigenvalue weighted by atomic mass is 35.5. The summed E-state index contributed by atoms with van der Waals surface area (Å²) in [5.41, 5.74) is 7.92. The van der Waals surface area contributed by atoms with Gasteiger partial charge in [0.2, 0.25) is 0 Å². The van der Waals surface area contributed by atoms with Crippen LogP contribution in [-0.2, 0) is 0 Å². The van der Waals surface area contributed by atoms with E-state index in [0.717, 1.165) is 16.8 Å². The SMILES string of the molecule is Cc1ccc(C2C=C(c3ccc(Cl)cc3)NN2C(=O)c2ccncc2)cc1. The molecule has 3 aromatic rings. The number of rotatable bonds is 3. The topological polar surface area (TPSA) is 45.2 Å². The summed E-state index contributed by atoms with van der Waals surface area (Å²) in [6.07, 6.45) is 5.31. The van der Waals surface area contributed by atoms with Gasteiger partial charge in [-0.05, 0) is 48.4 Å². The molecule has 1 unspecified atom stereocenters. The first kappa shape index (κ1) is 17.3. The van der Waals surface area contributed by atoms with Crippen LogP contribution in [0.25, 0.3) is 5.70 Å². The second-order valence-corrected chi connectivity index (χ2v) is 6.90. The average Bonchev–Trinajstić information content (AvgIpc) is 3.14. The Labute approximate surface area is 163 Å². The number of aryl methyl sites for hydroxylation is 1. The fourth-order valence-corrected chi connectivity index (χ4v) is 3.20. The van der Waals surface area contributed by atoms with E-state index >= 15 is 0 Å². The van der Waals surface area contributed by atoms with Crippen molar-refractivity contribution in [3.63, 3.8) is 0 Å². The lowest BCUT2D eigenvalue weighted by Crippen LogP contribution is -2.39. The van der Waals surface area contributed by atoms with E-state index in [9.17, 15) is 4.79 Å². The number of nitrogens with zero attached hydrogens (tertiary/aromatic N) is 2. The highest BCUT2D eigenvalue weighted by Gasteiger charge is 2.31. The van der Waals surface area contributed by atoms with Crippen LogP contribution in [0.4, 0.5) is 0 Å². The lowest BCUT2D eigenvalue weighted by molar-refractivity contribution is 0.0672. The molecule has 0 saturated heterocycles. The maximum absolute atomic E-state index is 13.1. The van der Waals surface area contributed by atoms with Gasteiger partial charge in [0.25, 0.3) is 5.91 Å². The molecule has 1 aromatic heterocycles. The fraction of sp³-hybridized carbons (Fsp3) is 0.0909. The fourth-order valence-electron chi connectivity index (χ4n) is 3.08. The largest absolute Gasteiger partial charge is 0.295 e. The molecule has 0 aliphatic carbocycles. The van der Waals surface area contributed by atoms with Gasteiger partial charge in [-0.25, -0.2) is 5.01 Å². The van der Waals surface area contributed by atoms with Crippen LogP contribution in [0.15, 0.2) is 79.1 Å². The Kier molecular flexibility index (Phi) is 4.65. The van der Waals surface area contributed by atoms with Crippen molar-refractivity contribution in [2.24, 2.45) is 0 Å². The summed E-state index contributed by atoms with van der Waals surface area (Å²) in [4.78, 5) is 17.1. The number of nitrogens with one attached hydrogen (secondary N) is 1. The normalized spacial score (nSPS) is 16.0. The standard InChI is InChI=1S/C22H18ClN3O/c1-15-2-4-17(5-3-15)21-14-20(16-6-8-19(23)9-7-16)25-26(21)22(27)18-10-12-24-13-11-18/h2-14,21,25H,1H3. The molecule has 5 heteroatoms. The first-order valence-electron chi connectivity index (χ1n) is 8.66. The van der Waals surface area contributed by atoms with Gasteiger partial charge in [0.05, 0.1) is 11.7 Å². The quantitative estimate of drug-likeness (QED) is 0.716. The predicted molar refractivity (Wildman–Crippen MR) is 107 cm³/mol. The van der Waals surface area contributed by atoms with Crippen LogP contribution in [-0.4, -0.2) is 15.9 Å². The van der Waals surface area contributed by atoms with Crippen molar-refractivity contribution in [2.45, 2.75) is 13.0 Å². The van der Waals surface area contributed by atoms with Crippen LogP contribution in [0.2, 0.25) is 5.02 Å². The van der Waals surface area contributed by atoms with Crippen LogP contribution in [0.1, 0.15) is 33.1 Å². The van der Waals surface area contributed by atoms with Crippen LogP contribution in [0.5, 0.6) is 0 Å². The Morgan fingerprint density at radius 3 is 2.33 bits per heavy atom. The number of benzene rings is 2. The van der Waals surface area contributed by atoms with Gasteiger partial charge in [-0.1, -0.05) is 53.6 Å². The van der Waals surface area contributed by atoms with Gasteiger partial charge >= 0.3 is 0 Å². The van der Waals surface area contributed by atoms with Crippen molar-refractivity contribution in [1.82, 2.24) is 15.4 Å². The molecular weight excluding hydrogens is 358 g/mol. The van der Waals surface area contributed by atoms with E-state index in [0.29, 0.717) is 10.6 Å². The summed E-state index contributed by atoms with van der Waals surface area (Å²) in [5.74, 6) is -0.108. The van der Waals surface area contributed by atoms with E-state index < -0.39 is 0 Å². The van der Waals surface area contributed by atoms with Crippen molar-refractivity contribution < 1.29 is 4.79 Å². The van der Waals surface area contributed by atoms with Gasteiger partial charge in [-0.3, -0.25) is 15.2 Å². The Hall–Kier alpha value is -3.11. The van der Waals surface area contributed by atoms with Crippen LogP contribution >= 0.6 is 11.6 Å². The zero-order chi connectivity index (χ0) is 18.8. The Morgan fingerprint density at radius 1 is 1.00 bits per heavy atom. The summed E-state index contributed by atoms with van der Waals surface area (Å²) in [6, 6.07) is 19.0. The Balaban J connectivity index is 1.72. The lowest BCUT2D eigenvalue weighted by atomic mass is 10.0. The van der Waals surface area contributed by atoms with Gasteiger partial charge in [0.1, 0.15) is 0 Å². The van der Waals surface area contributed by atoms with Crippen LogP contribution in [0, 0.1) is 6.92 Å². The Bertz CT molecular complexity index is 982. The number of halogens is 1. The second-order valence-electron chi connectivity index (χ2n) is 6.47. The molecule has 1 atom stereocenters. The first-order chi connectivity index (χ1) is 13.1. The molecule has 1 aliphatic rings. The van der Waals surface area contributed by atoms with E-state index in [1.807, 2.05) is 31.2 Å². The highest BCUT2D eigenvalue weighted by Crippen LogP contribution is 2.32. The minimum absolute atomic E-state index is 0.108. The number of aromatic nitrogens is 1. The molecule has 0 saturated carbocycles. The molecule has 0 bridgehead atoms. The molecule has 1 N–H and O–H groups in total. The molecule has 1 aliphatic heterocycles. The molecule has 0 radical (unpaired) electrons. The number of carbonyl (C=O) groups is 1. The lowest BCUT2D eigenvalue weighted by Gasteiger charge is -2.25. The molecule has 2 heterocycles. The third kappa shape index (κ3) is 3.57. The molecule has 0 spiro atoms. The molecule has 0 fully saturated rings. The number of amides is 1. The zero-order valence-corrected chi connectivity index (χ0v) is 15.5. The molecule has 134 valence electrons. The minimum atomic E-state index is -0.211. The summed E-state index contributed by atoms with van der Waals surface area (Å²) >= 11 is 6.01. The number of hydrogen-bond acceptors (Lipinski definition) is 3. The van der Waals surface area contributed by atoms with Crippen molar-refractivity contribution in [1.29, 1.82) is 0 Å². The van der Waals surface area contributed by atoms with Crippen molar-refractivity contribution in [3.8, 4) is 0 Å². The minimum Gasteiger partial charge on any atom is -0.295 e. The Morgan fingerprint density at radius 2 is 1.67 bits per heavy atom. The van der Waals surface area contributed by atoms with Gasteiger partial charge in [0, 0.05) is 23.0 Å². The van der Waals surface area contributed by atoms with Crippen LogP contribution < -0.4 is 5.43 Å². The van der Waals surface area contributed by atoms with Crippen molar-refractivity contribution in [2.75, 3.05) is 0 Å². The molecule has 4 rings (SSSR count). The summed E-state index contributed by atoms with van der Waals surface area (Å²) < 4.78 is 0. The van der Waals surface area contributed by atoms with E-state index in [-0.39, 0.29) is 11.9 Å². The van der Waals surface area contributed by atoms with E-state index in [1.165, 1.54) is 5.56 Å². The monoisotopic (exact) mass is 375 g/mol. The third-order valence-corrected chi connectivity index (χ3v) is 4.82. The van der Waals surface area contributed by atoms with Gasteiger partial charge in [-0.2, -0.15) is 0 Å². The molecule has 4 nitrogen and oxygen atoms in total. The highest BCUT2D eigenvalue weighted by molar-refractivity contribution is 6.30. The molecule has 1 amide bonds. The number of carbonyl (C=O) groups excluding carboxylic acids is 1. The molecule has 2 aromatic carbocycles. The van der Waals surface area contributed by atoms with E-state index in [2.05, 4.69) is 40.8 Å². The number of hydrazine groups is 1. The summed E-state index contributed by atoms with van der Waals surface area (Å²) in [7, 11) is 0. The third-order valence-electron chi connectivity index (χ3n) is 4.56. The van der Waals surface area contributed by atoms with Crippen LogP contribution in [0.3, 0.4) is 0 Å². The summed E-state index contributed by atoms with van der Waals surface area (Å²) in [5, 5.41) is 2.33. The first-order valence-corrected chi connectivity index (χ1v) is 9.04. The zero-order valence-electron chi connectivity index (χ0n) is 14.8. The van der Waals surface area contributed by atoms with E-state index in [4.69, 9.17) is 11.6 Å². The van der Waals surface area contributed by atoms with Gasteiger partial charge in [-0.15, -0.1) is 0 Å². The van der Waals surface area contributed by atoms with Gasteiger partial charge < -0.3 is 0 Å². The maximum atomic E-state index is 13.1. The van der Waals surface area contributed by atoms with E-state index in [1.54, 1.807) is 29.5 Å². The van der Waals surface area contributed by atoms with Crippen molar-refractivity contribution in [3.05, 3.63) is 106 Å². The van der Waals surface area contributed by atoms with Crippen molar-refractivity contribution >= 4 is 23.2 Å². The maximum Gasteiger partial charge on any atom is 0.273 e.